The van der Waals surface area contributed by atoms with Gasteiger partial charge in [0, 0.05) is 18.7 Å². The van der Waals surface area contributed by atoms with Crippen LogP contribution in [0.2, 0.25) is 0 Å². The molecule has 0 aliphatic heterocycles. The SMILES string of the molecule is CC(NCC1(CCO)CC1)C(=O)NC(C)(C)C. The molecular weight excluding hydrogens is 216 g/mol. The summed E-state index contributed by atoms with van der Waals surface area (Å²) in [6, 6.07) is -0.176. The molecule has 1 saturated carbocycles. The Kier molecular flexibility index (Phi) is 4.55. The molecule has 1 aliphatic rings. The normalized spacial score (nSPS) is 19.8. The van der Waals surface area contributed by atoms with Crippen molar-refractivity contribution in [3.63, 3.8) is 0 Å². The lowest BCUT2D eigenvalue weighted by Crippen LogP contribution is -2.50. The Morgan fingerprint density at radius 2 is 2.00 bits per heavy atom. The summed E-state index contributed by atoms with van der Waals surface area (Å²) in [6.45, 7) is 8.88. The lowest BCUT2D eigenvalue weighted by molar-refractivity contribution is -0.124. The molecule has 0 aromatic rings. The van der Waals surface area contributed by atoms with Crippen LogP contribution in [0.1, 0.15) is 47.0 Å². The summed E-state index contributed by atoms with van der Waals surface area (Å²) >= 11 is 0. The van der Waals surface area contributed by atoms with Gasteiger partial charge in [-0.25, -0.2) is 0 Å². The zero-order valence-electron chi connectivity index (χ0n) is 11.5. The first-order valence-corrected chi connectivity index (χ1v) is 6.44. The van der Waals surface area contributed by atoms with Crippen LogP contribution in [-0.2, 0) is 4.79 Å². The predicted octanol–water partition coefficient (Wildman–Crippen LogP) is 1.04. The second-order valence-electron chi connectivity index (χ2n) is 6.32. The van der Waals surface area contributed by atoms with Crippen LogP contribution >= 0.6 is 0 Å². The van der Waals surface area contributed by atoms with Gasteiger partial charge in [-0.15, -0.1) is 0 Å². The molecule has 1 atom stereocenters. The van der Waals surface area contributed by atoms with Crippen molar-refractivity contribution in [1.82, 2.24) is 10.6 Å². The minimum Gasteiger partial charge on any atom is -0.396 e. The first-order valence-electron chi connectivity index (χ1n) is 6.44. The molecule has 0 saturated heterocycles. The summed E-state index contributed by atoms with van der Waals surface area (Å²) < 4.78 is 0. The Morgan fingerprint density at radius 3 is 2.41 bits per heavy atom. The number of amides is 1. The van der Waals surface area contributed by atoms with Gasteiger partial charge < -0.3 is 15.7 Å². The largest absolute Gasteiger partial charge is 0.396 e. The third-order valence-electron chi connectivity index (χ3n) is 3.27. The van der Waals surface area contributed by atoms with Crippen molar-refractivity contribution >= 4 is 5.91 Å². The van der Waals surface area contributed by atoms with E-state index in [-0.39, 0.29) is 29.5 Å². The standard InChI is InChI=1S/C13H26N2O2/c1-10(11(17)15-12(2,3)4)14-9-13(5-6-13)7-8-16/h10,14,16H,5-9H2,1-4H3,(H,15,17). The summed E-state index contributed by atoms with van der Waals surface area (Å²) in [5, 5.41) is 15.2. The minimum atomic E-state index is -0.185. The molecule has 0 spiro atoms. The van der Waals surface area contributed by atoms with Gasteiger partial charge in [-0.05, 0) is 52.4 Å². The number of rotatable bonds is 6. The first-order chi connectivity index (χ1) is 7.78. The van der Waals surface area contributed by atoms with Crippen molar-refractivity contribution in [3.8, 4) is 0 Å². The highest BCUT2D eigenvalue weighted by molar-refractivity contribution is 5.81. The molecule has 4 nitrogen and oxygen atoms in total. The highest BCUT2D eigenvalue weighted by Gasteiger charge is 2.41. The molecule has 1 amide bonds. The second-order valence-corrected chi connectivity index (χ2v) is 6.32. The van der Waals surface area contributed by atoms with Gasteiger partial charge in [0.25, 0.3) is 0 Å². The maximum absolute atomic E-state index is 11.8. The van der Waals surface area contributed by atoms with E-state index in [1.165, 1.54) is 0 Å². The zero-order valence-corrected chi connectivity index (χ0v) is 11.5. The molecule has 100 valence electrons. The van der Waals surface area contributed by atoms with Crippen LogP contribution < -0.4 is 10.6 Å². The highest BCUT2D eigenvalue weighted by Crippen LogP contribution is 2.47. The van der Waals surface area contributed by atoms with Crippen LogP contribution in [0, 0.1) is 5.41 Å². The van der Waals surface area contributed by atoms with E-state index in [4.69, 9.17) is 5.11 Å². The number of nitrogens with one attached hydrogen (secondary N) is 2. The van der Waals surface area contributed by atoms with Crippen molar-refractivity contribution in [2.75, 3.05) is 13.2 Å². The summed E-state index contributed by atoms with van der Waals surface area (Å²) in [6.07, 6.45) is 3.16. The lowest BCUT2D eigenvalue weighted by atomic mass is 10.0. The van der Waals surface area contributed by atoms with E-state index in [2.05, 4.69) is 10.6 Å². The van der Waals surface area contributed by atoms with E-state index < -0.39 is 0 Å². The number of hydrogen-bond acceptors (Lipinski definition) is 3. The summed E-state index contributed by atoms with van der Waals surface area (Å²) in [5.41, 5.74) is 0.0699. The fraction of sp³-hybridized carbons (Fsp3) is 0.923. The van der Waals surface area contributed by atoms with Crippen LogP contribution in [0.4, 0.5) is 0 Å². The summed E-state index contributed by atoms with van der Waals surface area (Å²) in [7, 11) is 0. The van der Waals surface area contributed by atoms with Crippen molar-refractivity contribution in [2.45, 2.75) is 58.5 Å². The van der Waals surface area contributed by atoms with E-state index in [0.29, 0.717) is 0 Å². The summed E-state index contributed by atoms with van der Waals surface area (Å²) in [4.78, 5) is 11.8. The number of carbonyl (C=O) groups excluding carboxylic acids is 1. The van der Waals surface area contributed by atoms with Gasteiger partial charge in [0.1, 0.15) is 0 Å². The Bertz CT molecular complexity index is 267. The van der Waals surface area contributed by atoms with Gasteiger partial charge in [0.2, 0.25) is 5.91 Å². The monoisotopic (exact) mass is 242 g/mol. The maximum Gasteiger partial charge on any atom is 0.237 e. The number of aliphatic hydroxyl groups is 1. The average Bonchev–Trinajstić information content (AvgIpc) is 2.93. The average molecular weight is 242 g/mol. The van der Waals surface area contributed by atoms with Crippen LogP contribution in [0.5, 0.6) is 0 Å². The van der Waals surface area contributed by atoms with Crippen LogP contribution in [0.25, 0.3) is 0 Å². The topological polar surface area (TPSA) is 61.4 Å². The smallest absolute Gasteiger partial charge is 0.237 e. The fourth-order valence-corrected chi connectivity index (χ4v) is 1.87. The van der Waals surface area contributed by atoms with Crippen molar-refractivity contribution in [3.05, 3.63) is 0 Å². The molecule has 4 heteroatoms. The molecule has 0 heterocycles. The Morgan fingerprint density at radius 1 is 1.41 bits per heavy atom. The van der Waals surface area contributed by atoms with Crippen LogP contribution in [0.3, 0.4) is 0 Å². The molecule has 0 radical (unpaired) electrons. The fourth-order valence-electron chi connectivity index (χ4n) is 1.87. The van der Waals surface area contributed by atoms with Gasteiger partial charge in [-0.3, -0.25) is 4.79 Å². The molecular formula is C13H26N2O2. The molecule has 0 aromatic carbocycles. The van der Waals surface area contributed by atoms with E-state index in [1.807, 2.05) is 27.7 Å². The van der Waals surface area contributed by atoms with Gasteiger partial charge in [-0.1, -0.05) is 0 Å². The molecule has 1 fully saturated rings. The molecule has 1 rings (SSSR count). The molecule has 1 unspecified atom stereocenters. The van der Waals surface area contributed by atoms with Gasteiger partial charge in [-0.2, -0.15) is 0 Å². The number of hydrogen-bond donors (Lipinski definition) is 3. The highest BCUT2D eigenvalue weighted by atomic mass is 16.3. The van der Waals surface area contributed by atoms with Crippen LogP contribution in [-0.4, -0.2) is 35.7 Å². The van der Waals surface area contributed by atoms with Crippen molar-refractivity contribution < 1.29 is 9.90 Å². The van der Waals surface area contributed by atoms with Gasteiger partial charge in [0.05, 0.1) is 6.04 Å². The lowest BCUT2D eigenvalue weighted by Gasteiger charge is -2.25. The third-order valence-corrected chi connectivity index (χ3v) is 3.27. The molecule has 1 aliphatic carbocycles. The van der Waals surface area contributed by atoms with E-state index >= 15 is 0 Å². The summed E-state index contributed by atoms with van der Waals surface area (Å²) in [5.74, 6) is 0.0392. The van der Waals surface area contributed by atoms with Gasteiger partial charge >= 0.3 is 0 Å². The Balaban J connectivity index is 2.30. The van der Waals surface area contributed by atoms with E-state index in [0.717, 1.165) is 25.8 Å². The quantitative estimate of drug-likeness (QED) is 0.652. The number of aliphatic hydroxyl groups excluding tert-OH is 1. The first kappa shape index (κ1) is 14.5. The van der Waals surface area contributed by atoms with Gasteiger partial charge in [0.15, 0.2) is 0 Å². The van der Waals surface area contributed by atoms with Crippen molar-refractivity contribution in [1.29, 1.82) is 0 Å². The molecule has 0 bridgehead atoms. The molecule has 17 heavy (non-hydrogen) atoms. The Hall–Kier alpha value is -0.610. The molecule has 3 N–H and O–H groups in total. The van der Waals surface area contributed by atoms with E-state index in [1.54, 1.807) is 0 Å². The molecule has 0 aromatic heterocycles. The van der Waals surface area contributed by atoms with E-state index in [9.17, 15) is 4.79 Å². The third kappa shape index (κ3) is 5.04. The Labute approximate surface area is 104 Å². The predicted molar refractivity (Wildman–Crippen MR) is 68.7 cm³/mol. The maximum atomic E-state index is 11.8. The zero-order chi connectivity index (χ0) is 13.1. The van der Waals surface area contributed by atoms with Crippen LogP contribution in [0.15, 0.2) is 0 Å². The second kappa shape index (κ2) is 5.36. The minimum absolute atomic E-state index is 0.0392. The van der Waals surface area contributed by atoms with Crippen molar-refractivity contribution in [2.24, 2.45) is 5.41 Å². The number of carbonyl (C=O) groups is 1.